The van der Waals surface area contributed by atoms with E-state index in [0.717, 1.165) is 12.8 Å². The lowest BCUT2D eigenvalue weighted by Crippen LogP contribution is -2.61. The van der Waals surface area contributed by atoms with E-state index in [1.54, 1.807) is 0 Å². The topological polar surface area (TPSA) is 41.5 Å². The minimum atomic E-state index is -0.580. The Bertz CT molecular complexity index is 150. The monoisotopic (exact) mass is 187 g/mol. The van der Waals surface area contributed by atoms with Crippen molar-refractivity contribution in [3.8, 4) is 0 Å². The van der Waals surface area contributed by atoms with Gasteiger partial charge >= 0.3 is 0 Å². The summed E-state index contributed by atoms with van der Waals surface area (Å²) < 4.78 is 5.42. The van der Waals surface area contributed by atoms with Gasteiger partial charge in [0.2, 0.25) is 0 Å². The second-order valence-electron chi connectivity index (χ2n) is 3.74. The molecule has 1 aliphatic carbocycles. The van der Waals surface area contributed by atoms with Crippen molar-refractivity contribution in [2.45, 2.75) is 38.4 Å². The molecule has 2 aliphatic heterocycles. The third-order valence-corrected chi connectivity index (χ3v) is 2.91. The molecule has 0 amide bonds. The Labute approximate surface area is 80.5 Å². The molecule has 1 unspecified atom stereocenters. The molecule has 0 aromatic heterocycles. The van der Waals surface area contributed by atoms with Gasteiger partial charge in [0.25, 0.3) is 0 Å². The molecule has 2 bridgehead atoms. The van der Waals surface area contributed by atoms with Crippen molar-refractivity contribution < 1.29 is 9.84 Å². The Morgan fingerprint density at radius 2 is 2.08 bits per heavy atom. The van der Waals surface area contributed by atoms with Crippen LogP contribution in [0.15, 0.2) is 0 Å². The van der Waals surface area contributed by atoms with Crippen molar-refractivity contribution in [1.82, 2.24) is 5.32 Å². The number of rotatable bonds is 2. The fourth-order valence-electron chi connectivity index (χ4n) is 2.02. The number of hydrogen-bond donors (Lipinski definition) is 2. The molecular formula is C10H21NO2. The smallest absolute Gasteiger partial charge is 0.103 e. The lowest BCUT2D eigenvalue weighted by atomic mass is 9.68. The number of fused-ring (bicyclic) bond motifs is 2. The van der Waals surface area contributed by atoms with Crippen LogP contribution in [0.25, 0.3) is 0 Å². The molecule has 3 nitrogen and oxygen atoms in total. The number of nitrogens with one attached hydrogen (secondary N) is 1. The summed E-state index contributed by atoms with van der Waals surface area (Å²) in [4.78, 5) is 0. The van der Waals surface area contributed by atoms with Gasteiger partial charge in [0, 0.05) is 6.54 Å². The average molecular weight is 187 g/mol. The zero-order chi connectivity index (χ0) is 9.90. The summed E-state index contributed by atoms with van der Waals surface area (Å²) in [6.45, 7) is 5.17. The van der Waals surface area contributed by atoms with Crippen molar-refractivity contribution in [1.29, 1.82) is 0 Å². The molecule has 78 valence electrons. The van der Waals surface area contributed by atoms with Crippen molar-refractivity contribution in [3.63, 3.8) is 0 Å². The maximum Gasteiger partial charge on any atom is 0.103 e. The van der Waals surface area contributed by atoms with Crippen LogP contribution in [0.5, 0.6) is 0 Å². The predicted octanol–water partition coefficient (Wildman–Crippen LogP) is 0.772. The van der Waals surface area contributed by atoms with E-state index >= 15 is 0 Å². The molecule has 3 rings (SSSR count). The molecule has 2 heterocycles. The highest BCUT2D eigenvalue weighted by Crippen LogP contribution is 2.43. The van der Waals surface area contributed by atoms with E-state index in [2.05, 4.69) is 5.32 Å². The molecular weight excluding hydrogens is 166 g/mol. The van der Waals surface area contributed by atoms with E-state index in [1.807, 2.05) is 20.9 Å². The zero-order valence-electron chi connectivity index (χ0n) is 8.84. The van der Waals surface area contributed by atoms with Crippen LogP contribution in [0.2, 0.25) is 0 Å². The first-order valence-electron chi connectivity index (χ1n) is 5.23. The maximum atomic E-state index is 9.99. The predicted molar refractivity (Wildman–Crippen MR) is 52.7 cm³/mol. The van der Waals surface area contributed by atoms with Crippen molar-refractivity contribution in [2.24, 2.45) is 5.92 Å². The number of aliphatic hydroxyl groups is 1. The highest BCUT2D eigenvalue weighted by Gasteiger charge is 2.50. The summed E-state index contributed by atoms with van der Waals surface area (Å²) in [6.07, 6.45) is 2.56. The first kappa shape index (κ1) is 11.0. The highest BCUT2D eigenvalue weighted by atomic mass is 16.5. The molecule has 0 radical (unpaired) electrons. The van der Waals surface area contributed by atoms with Crippen LogP contribution < -0.4 is 5.32 Å². The third kappa shape index (κ3) is 2.03. The Morgan fingerprint density at radius 3 is 2.46 bits per heavy atom. The van der Waals surface area contributed by atoms with Gasteiger partial charge in [-0.2, -0.15) is 0 Å². The Kier molecular flexibility index (Phi) is 3.71. The van der Waals surface area contributed by atoms with E-state index in [0.29, 0.717) is 25.2 Å². The molecule has 13 heavy (non-hydrogen) atoms. The molecule has 2 saturated heterocycles. The quantitative estimate of drug-likeness (QED) is 0.671. The molecule has 0 aromatic rings. The fourth-order valence-corrected chi connectivity index (χ4v) is 2.02. The summed E-state index contributed by atoms with van der Waals surface area (Å²) in [5.74, 6) is 0.480. The molecule has 0 spiro atoms. The average Bonchev–Trinajstić information content (AvgIpc) is 2.06. The standard InChI is InChI=1S/C8H15NO2.C2H6/c1-9-4-8(10)5-11-7-2-6(8)3-7;1-2/h6-7,9-10H,2-5H2,1H3;1-2H3. The molecule has 1 saturated carbocycles. The molecule has 3 heteroatoms. The van der Waals surface area contributed by atoms with Gasteiger partial charge < -0.3 is 15.2 Å². The van der Waals surface area contributed by atoms with Gasteiger partial charge in [0.05, 0.1) is 12.7 Å². The van der Waals surface area contributed by atoms with E-state index in [-0.39, 0.29) is 0 Å². The van der Waals surface area contributed by atoms with E-state index < -0.39 is 5.60 Å². The fraction of sp³-hybridized carbons (Fsp3) is 1.00. The van der Waals surface area contributed by atoms with Crippen LogP contribution in [-0.4, -0.2) is 37.0 Å². The van der Waals surface area contributed by atoms with Crippen LogP contribution in [0, 0.1) is 5.92 Å². The summed E-state index contributed by atoms with van der Waals surface area (Å²) in [7, 11) is 1.86. The van der Waals surface area contributed by atoms with Gasteiger partial charge in [0.1, 0.15) is 5.60 Å². The first-order chi connectivity index (χ1) is 6.24. The summed E-state index contributed by atoms with van der Waals surface area (Å²) >= 11 is 0. The normalized spacial score (nSPS) is 41.5. The van der Waals surface area contributed by atoms with Crippen LogP contribution in [0.4, 0.5) is 0 Å². The Balaban J connectivity index is 0.000000396. The SMILES string of the molecule is CC.CNCC1(O)COC2CC1C2. The molecule has 0 aromatic carbocycles. The second-order valence-corrected chi connectivity index (χ2v) is 3.74. The summed E-state index contributed by atoms with van der Waals surface area (Å²) in [5, 5.41) is 13.0. The number of likely N-dealkylation sites (N-methyl/N-ethyl adjacent to an activating group) is 1. The van der Waals surface area contributed by atoms with E-state index in [4.69, 9.17) is 4.74 Å². The van der Waals surface area contributed by atoms with Crippen LogP contribution >= 0.6 is 0 Å². The molecule has 3 aliphatic rings. The maximum absolute atomic E-state index is 9.99. The summed E-state index contributed by atoms with van der Waals surface area (Å²) in [5.41, 5.74) is -0.580. The second kappa shape index (κ2) is 4.40. The van der Waals surface area contributed by atoms with Crippen LogP contribution in [0.3, 0.4) is 0 Å². The van der Waals surface area contributed by atoms with Crippen molar-refractivity contribution in [2.75, 3.05) is 20.2 Å². The Morgan fingerprint density at radius 1 is 1.46 bits per heavy atom. The van der Waals surface area contributed by atoms with E-state index in [9.17, 15) is 5.11 Å². The highest BCUT2D eigenvalue weighted by molar-refractivity contribution is 5.01. The minimum absolute atomic E-state index is 0.456. The van der Waals surface area contributed by atoms with Gasteiger partial charge in [0.15, 0.2) is 0 Å². The zero-order valence-corrected chi connectivity index (χ0v) is 8.84. The van der Waals surface area contributed by atoms with Crippen molar-refractivity contribution in [3.05, 3.63) is 0 Å². The summed E-state index contributed by atoms with van der Waals surface area (Å²) in [6, 6.07) is 0. The number of hydrogen-bond acceptors (Lipinski definition) is 3. The van der Waals surface area contributed by atoms with Gasteiger partial charge in [-0.15, -0.1) is 0 Å². The third-order valence-electron chi connectivity index (χ3n) is 2.91. The van der Waals surface area contributed by atoms with Gasteiger partial charge in [-0.3, -0.25) is 0 Å². The molecule has 2 N–H and O–H groups in total. The molecule has 1 atom stereocenters. The van der Waals surface area contributed by atoms with Gasteiger partial charge in [-0.05, 0) is 25.8 Å². The van der Waals surface area contributed by atoms with Gasteiger partial charge in [-0.25, -0.2) is 0 Å². The lowest BCUT2D eigenvalue weighted by molar-refractivity contribution is -0.215. The first-order valence-corrected chi connectivity index (χ1v) is 5.23. The van der Waals surface area contributed by atoms with Crippen LogP contribution in [0.1, 0.15) is 26.7 Å². The largest absolute Gasteiger partial charge is 0.386 e. The number of ether oxygens (including phenoxy) is 1. The van der Waals surface area contributed by atoms with Gasteiger partial charge in [-0.1, -0.05) is 13.8 Å². The van der Waals surface area contributed by atoms with Crippen molar-refractivity contribution >= 4 is 0 Å². The molecule has 3 fully saturated rings. The van der Waals surface area contributed by atoms with Crippen LogP contribution in [-0.2, 0) is 4.74 Å². The minimum Gasteiger partial charge on any atom is -0.386 e. The van der Waals surface area contributed by atoms with E-state index in [1.165, 1.54) is 0 Å². The lowest BCUT2D eigenvalue weighted by Gasteiger charge is -2.51. The Hall–Kier alpha value is -0.120.